The minimum Gasteiger partial charge on any atom is -0.466 e. The molecule has 2 N–H and O–H groups in total. The number of thiazole rings is 1. The number of hydrogen-bond acceptors (Lipinski definition) is 6. The van der Waals surface area contributed by atoms with Gasteiger partial charge in [-0.05, 0) is 20.8 Å². The molecule has 0 aliphatic heterocycles. The third-order valence-electron chi connectivity index (χ3n) is 2.76. The van der Waals surface area contributed by atoms with Gasteiger partial charge in [-0.2, -0.15) is 5.10 Å². The highest BCUT2D eigenvalue weighted by Gasteiger charge is 2.17. The zero-order chi connectivity index (χ0) is 15.4. The Hall–Kier alpha value is -2.22. The Morgan fingerprint density at radius 2 is 2.19 bits per heavy atom. The van der Waals surface area contributed by atoms with E-state index in [1.807, 2.05) is 0 Å². The van der Waals surface area contributed by atoms with Crippen molar-refractivity contribution in [3.63, 3.8) is 0 Å². The number of carbonyl (C=O) groups excluding carboxylic acids is 2. The summed E-state index contributed by atoms with van der Waals surface area (Å²) in [5, 5.41) is 11.6. The summed E-state index contributed by atoms with van der Waals surface area (Å²) in [5.74, 6) is -0.599. The molecule has 0 spiro atoms. The number of esters is 1. The molecule has 0 atom stereocenters. The molecule has 0 saturated carbocycles. The number of amides is 1. The van der Waals surface area contributed by atoms with Crippen LogP contribution in [0.3, 0.4) is 0 Å². The predicted octanol–water partition coefficient (Wildman–Crippen LogP) is 1.84. The highest BCUT2D eigenvalue weighted by Crippen LogP contribution is 2.18. The molecule has 0 saturated heterocycles. The standard InChI is InChI=1S/C13H16N4O3S/c1-4-20-10(18)5-9-6-21-13(14-9)15-12(19)11-7(2)16-17-8(11)3/h6H,4-5H2,1-3H3,(H,16,17)(H,14,15,19). The lowest BCUT2D eigenvalue weighted by atomic mass is 10.2. The largest absolute Gasteiger partial charge is 0.466 e. The van der Waals surface area contributed by atoms with E-state index in [1.165, 1.54) is 11.3 Å². The van der Waals surface area contributed by atoms with Crippen LogP contribution in [0.4, 0.5) is 5.13 Å². The van der Waals surface area contributed by atoms with E-state index in [2.05, 4.69) is 20.5 Å². The molecule has 21 heavy (non-hydrogen) atoms. The fourth-order valence-corrected chi connectivity index (χ4v) is 2.56. The molecule has 8 heteroatoms. The molecule has 2 aromatic rings. The Labute approximate surface area is 125 Å². The zero-order valence-electron chi connectivity index (χ0n) is 12.0. The summed E-state index contributed by atoms with van der Waals surface area (Å²) >= 11 is 1.27. The summed E-state index contributed by atoms with van der Waals surface area (Å²) in [6.45, 7) is 5.63. The summed E-state index contributed by atoms with van der Waals surface area (Å²) in [7, 11) is 0. The third kappa shape index (κ3) is 3.66. The van der Waals surface area contributed by atoms with Gasteiger partial charge in [0, 0.05) is 11.1 Å². The molecule has 112 valence electrons. The molecule has 0 fully saturated rings. The number of aromatic amines is 1. The lowest BCUT2D eigenvalue weighted by molar-refractivity contribution is -0.142. The van der Waals surface area contributed by atoms with Gasteiger partial charge in [0.2, 0.25) is 0 Å². The molecule has 0 aromatic carbocycles. The number of aromatic nitrogens is 3. The normalized spacial score (nSPS) is 10.4. The molecule has 2 rings (SSSR count). The molecule has 0 aliphatic rings. The van der Waals surface area contributed by atoms with E-state index in [0.29, 0.717) is 34.4 Å². The molecular formula is C13H16N4O3S. The van der Waals surface area contributed by atoms with Crippen LogP contribution in [0, 0.1) is 13.8 Å². The van der Waals surface area contributed by atoms with Crippen molar-refractivity contribution in [1.82, 2.24) is 15.2 Å². The van der Waals surface area contributed by atoms with Crippen LogP contribution in [0.15, 0.2) is 5.38 Å². The van der Waals surface area contributed by atoms with Gasteiger partial charge in [-0.3, -0.25) is 20.0 Å². The number of ether oxygens (including phenoxy) is 1. The highest BCUT2D eigenvalue weighted by atomic mass is 32.1. The molecule has 0 radical (unpaired) electrons. The third-order valence-corrected chi connectivity index (χ3v) is 3.56. The van der Waals surface area contributed by atoms with Gasteiger partial charge in [0.1, 0.15) is 0 Å². The quantitative estimate of drug-likeness (QED) is 0.821. The number of nitrogens with zero attached hydrogens (tertiary/aromatic N) is 2. The lowest BCUT2D eigenvalue weighted by Crippen LogP contribution is -2.14. The fourth-order valence-electron chi connectivity index (χ4n) is 1.85. The van der Waals surface area contributed by atoms with Gasteiger partial charge in [0.05, 0.1) is 30.0 Å². The van der Waals surface area contributed by atoms with E-state index in [9.17, 15) is 9.59 Å². The van der Waals surface area contributed by atoms with Crippen molar-refractivity contribution >= 4 is 28.3 Å². The summed E-state index contributed by atoms with van der Waals surface area (Å²) < 4.78 is 4.85. The van der Waals surface area contributed by atoms with Crippen LogP contribution in [0.2, 0.25) is 0 Å². The Kier molecular flexibility index (Phi) is 4.69. The first-order valence-corrected chi connectivity index (χ1v) is 7.32. The van der Waals surface area contributed by atoms with E-state index in [4.69, 9.17) is 4.74 Å². The second-order valence-corrected chi connectivity index (χ2v) is 5.25. The Bertz CT molecular complexity index is 643. The summed E-state index contributed by atoms with van der Waals surface area (Å²) in [6, 6.07) is 0. The van der Waals surface area contributed by atoms with Crippen LogP contribution < -0.4 is 5.32 Å². The second kappa shape index (κ2) is 6.49. The number of hydrogen-bond donors (Lipinski definition) is 2. The second-order valence-electron chi connectivity index (χ2n) is 4.39. The first kappa shape index (κ1) is 15.2. The summed E-state index contributed by atoms with van der Waals surface area (Å²) in [6.07, 6.45) is 0.101. The molecule has 1 amide bonds. The SMILES string of the molecule is CCOC(=O)Cc1csc(NC(=O)c2c(C)n[nH]c2C)n1. The number of aryl methyl sites for hydroxylation is 2. The smallest absolute Gasteiger partial charge is 0.311 e. The maximum atomic E-state index is 12.2. The van der Waals surface area contributed by atoms with E-state index < -0.39 is 0 Å². The minimum absolute atomic E-state index is 0.101. The van der Waals surface area contributed by atoms with Crippen LogP contribution in [0.5, 0.6) is 0 Å². The van der Waals surface area contributed by atoms with E-state index in [-0.39, 0.29) is 18.3 Å². The molecule has 2 aromatic heterocycles. The van der Waals surface area contributed by atoms with Gasteiger partial charge < -0.3 is 4.74 Å². The first-order chi connectivity index (χ1) is 10.0. The maximum absolute atomic E-state index is 12.2. The Morgan fingerprint density at radius 3 is 2.81 bits per heavy atom. The zero-order valence-corrected chi connectivity index (χ0v) is 12.8. The first-order valence-electron chi connectivity index (χ1n) is 6.44. The summed E-state index contributed by atoms with van der Waals surface area (Å²) in [4.78, 5) is 27.7. The van der Waals surface area contributed by atoms with Crippen molar-refractivity contribution < 1.29 is 14.3 Å². The molecule has 0 bridgehead atoms. The molecule has 0 unspecified atom stereocenters. The van der Waals surface area contributed by atoms with Gasteiger partial charge in [-0.25, -0.2) is 4.98 Å². The maximum Gasteiger partial charge on any atom is 0.311 e. The van der Waals surface area contributed by atoms with E-state index in [0.717, 1.165) is 0 Å². The minimum atomic E-state index is -0.331. The number of nitrogens with one attached hydrogen (secondary N) is 2. The van der Waals surface area contributed by atoms with E-state index in [1.54, 1.807) is 26.2 Å². The topological polar surface area (TPSA) is 97.0 Å². The highest BCUT2D eigenvalue weighted by molar-refractivity contribution is 7.14. The van der Waals surface area contributed by atoms with Gasteiger partial charge in [0.15, 0.2) is 5.13 Å². The number of carbonyl (C=O) groups is 2. The number of rotatable bonds is 5. The lowest BCUT2D eigenvalue weighted by Gasteiger charge is -2.01. The van der Waals surface area contributed by atoms with Crippen LogP contribution in [0.25, 0.3) is 0 Å². The van der Waals surface area contributed by atoms with Crippen LogP contribution >= 0.6 is 11.3 Å². The van der Waals surface area contributed by atoms with Crippen molar-refractivity contribution in [2.75, 3.05) is 11.9 Å². The molecule has 7 nitrogen and oxygen atoms in total. The Morgan fingerprint density at radius 1 is 1.43 bits per heavy atom. The van der Waals surface area contributed by atoms with Gasteiger partial charge in [-0.1, -0.05) is 0 Å². The van der Waals surface area contributed by atoms with Crippen LogP contribution in [-0.4, -0.2) is 33.7 Å². The summed E-state index contributed by atoms with van der Waals surface area (Å²) in [5.41, 5.74) is 2.42. The van der Waals surface area contributed by atoms with E-state index >= 15 is 0 Å². The average molecular weight is 308 g/mol. The van der Waals surface area contributed by atoms with Gasteiger partial charge in [0.25, 0.3) is 5.91 Å². The van der Waals surface area contributed by atoms with Gasteiger partial charge >= 0.3 is 5.97 Å². The number of H-pyrrole nitrogens is 1. The van der Waals surface area contributed by atoms with Crippen molar-refractivity contribution in [2.45, 2.75) is 27.2 Å². The van der Waals surface area contributed by atoms with Crippen molar-refractivity contribution in [2.24, 2.45) is 0 Å². The molecule has 2 heterocycles. The fraction of sp³-hybridized carbons (Fsp3) is 0.385. The predicted molar refractivity (Wildman–Crippen MR) is 78.5 cm³/mol. The van der Waals surface area contributed by atoms with Crippen molar-refractivity contribution in [3.05, 3.63) is 28.0 Å². The van der Waals surface area contributed by atoms with Crippen LogP contribution in [0.1, 0.15) is 34.4 Å². The number of anilines is 1. The average Bonchev–Trinajstić information content (AvgIpc) is 2.97. The molecule has 0 aliphatic carbocycles. The van der Waals surface area contributed by atoms with Crippen LogP contribution in [-0.2, 0) is 16.0 Å². The Balaban J connectivity index is 2.03. The van der Waals surface area contributed by atoms with Crippen molar-refractivity contribution in [1.29, 1.82) is 0 Å². The van der Waals surface area contributed by atoms with Gasteiger partial charge in [-0.15, -0.1) is 11.3 Å². The molecular weight excluding hydrogens is 292 g/mol. The monoisotopic (exact) mass is 308 g/mol. The van der Waals surface area contributed by atoms with Crippen molar-refractivity contribution in [3.8, 4) is 0 Å².